The van der Waals surface area contributed by atoms with Gasteiger partial charge in [0.05, 0.1) is 10.2 Å². The molecule has 0 radical (unpaired) electrons. The summed E-state index contributed by atoms with van der Waals surface area (Å²) in [5.74, 6) is -0.288. The number of nitrogens with one attached hydrogen (secondary N) is 1. The van der Waals surface area contributed by atoms with Crippen molar-refractivity contribution in [2.75, 3.05) is 0 Å². The maximum absolute atomic E-state index is 12.2. The maximum Gasteiger partial charge on any atom is 0.573 e. The number of amides is 1. The number of halogens is 3. The number of aryl methyl sites for hydroxylation is 1. The molecule has 9 heteroatoms. The molecule has 0 bridgehead atoms. The topological polar surface area (TPSA) is 55.6 Å². The van der Waals surface area contributed by atoms with Crippen LogP contribution in [-0.2, 0) is 11.8 Å². The van der Waals surface area contributed by atoms with Crippen molar-refractivity contribution in [3.8, 4) is 5.75 Å². The first-order valence-electron chi connectivity index (χ1n) is 6.83. The Morgan fingerprint density at radius 3 is 2.74 bits per heavy atom. The van der Waals surface area contributed by atoms with E-state index in [1.165, 1.54) is 18.2 Å². The third-order valence-electron chi connectivity index (χ3n) is 2.88. The van der Waals surface area contributed by atoms with E-state index >= 15 is 0 Å². The summed E-state index contributed by atoms with van der Waals surface area (Å²) in [6.07, 6.45) is -4.38. The number of benzene rings is 1. The maximum atomic E-state index is 12.2. The minimum Gasteiger partial charge on any atom is -0.406 e. The molecule has 5 nitrogen and oxygen atoms in total. The average molecular weight is 347 g/mol. The molecule has 0 unspecified atom stereocenters. The highest BCUT2D eigenvalue weighted by Crippen LogP contribution is 2.27. The highest BCUT2D eigenvalue weighted by atomic mass is 32.1. The van der Waals surface area contributed by atoms with Crippen LogP contribution in [0.15, 0.2) is 23.3 Å². The number of ether oxygens (including phenoxy) is 1. The zero-order valence-corrected chi connectivity index (χ0v) is 13.6. The third-order valence-corrected chi connectivity index (χ3v) is 3.98. The molecule has 0 atom stereocenters. The van der Waals surface area contributed by atoms with Gasteiger partial charge < -0.3 is 9.30 Å². The number of carbonyl (C=O) groups excluding carboxylic acids is 1. The first kappa shape index (κ1) is 17.3. The van der Waals surface area contributed by atoms with Gasteiger partial charge in [0.15, 0.2) is 0 Å². The number of nitrogens with zero attached hydrogens (tertiary/aromatic N) is 2. The van der Waals surface area contributed by atoms with Crippen molar-refractivity contribution in [2.45, 2.75) is 26.6 Å². The van der Waals surface area contributed by atoms with Crippen molar-refractivity contribution in [2.24, 2.45) is 18.1 Å². The molecule has 0 aliphatic carbocycles. The second-order valence-electron chi connectivity index (χ2n) is 5.37. The number of alkyl halides is 3. The van der Waals surface area contributed by atoms with Crippen LogP contribution in [0, 0.1) is 5.92 Å². The fraction of sp³-hybridized carbons (Fsp3) is 0.429. The Morgan fingerprint density at radius 1 is 1.43 bits per heavy atom. The van der Waals surface area contributed by atoms with Gasteiger partial charge in [-0.1, -0.05) is 25.2 Å². The summed E-state index contributed by atoms with van der Waals surface area (Å²) in [4.78, 5) is 12.1. The molecule has 0 saturated carbocycles. The van der Waals surface area contributed by atoms with Crippen LogP contribution in [0.3, 0.4) is 0 Å². The lowest BCUT2D eigenvalue weighted by atomic mass is 10.1. The van der Waals surface area contributed by atoms with Gasteiger partial charge in [-0.05, 0) is 24.1 Å². The molecule has 1 amide bonds. The van der Waals surface area contributed by atoms with Gasteiger partial charge in [-0.3, -0.25) is 4.79 Å². The van der Waals surface area contributed by atoms with E-state index in [0.29, 0.717) is 21.4 Å². The minimum atomic E-state index is -4.73. The SMILES string of the molecule is CC(C)CC(=O)N/N=c1/sc2cc(OC(F)(F)F)ccc2n1C. The van der Waals surface area contributed by atoms with Crippen LogP contribution in [0.4, 0.5) is 13.2 Å². The van der Waals surface area contributed by atoms with Gasteiger partial charge >= 0.3 is 6.36 Å². The summed E-state index contributed by atoms with van der Waals surface area (Å²) in [5, 5.41) is 4.02. The van der Waals surface area contributed by atoms with E-state index in [0.717, 1.165) is 11.3 Å². The molecule has 0 aliphatic rings. The number of aromatic nitrogens is 1. The summed E-state index contributed by atoms with van der Waals surface area (Å²) < 4.78 is 42.9. The summed E-state index contributed by atoms with van der Waals surface area (Å²) in [5.41, 5.74) is 3.15. The summed E-state index contributed by atoms with van der Waals surface area (Å²) in [6.45, 7) is 3.84. The molecule has 2 aromatic rings. The summed E-state index contributed by atoms with van der Waals surface area (Å²) >= 11 is 1.16. The minimum absolute atomic E-state index is 0.210. The normalized spacial score (nSPS) is 12.9. The van der Waals surface area contributed by atoms with Crippen LogP contribution >= 0.6 is 11.3 Å². The first-order chi connectivity index (χ1) is 10.7. The number of thiazole rings is 1. The van der Waals surface area contributed by atoms with Crippen LogP contribution in [0.1, 0.15) is 20.3 Å². The van der Waals surface area contributed by atoms with Crippen molar-refractivity contribution in [3.63, 3.8) is 0 Å². The van der Waals surface area contributed by atoms with Gasteiger partial charge in [-0.25, -0.2) is 5.43 Å². The Morgan fingerprint density at radius 2 is 2.13 bits per heavy atom. The number of carbonyl (C=O) groups is 1. The quantitative estimate of drug-likeness (QED) is 0.864. The molecule has 126 valence electrons. The van der Waals surface area contributed by atoms with E-state index in [1.54, 1.807) is 11.6 Å². The van der Waals surface area contributed by atoms with Crippen LogP contribution in [0.5, 0.6) is 5.75 Å². The highest BCUT2D eigenvalue weighted by molar-refractivity contribution is 7.16. The van der Waals surface area contributed by atoms with E-state index in [1.807, 2.05) is 13.8 Å². The second-order valence-corrected chi connectivity index (χ2v) is 6.37. The molecule has 0 aliphatic heterocycles. The van der Waals surface area contributed by atoms with Crippen molar-refractivity contribution in [1.29, 1.82) is 0 Å². The second kappa shape index (κ2) is 6.61. The summed E-state index contributed by atoms with van der Waals surface area (Å²) in [7, 11) is 1.72. The molecule has 0 spiro atoms. The van der Waals surface area contributed by atoms with Crippen molar-refractivity contribution >= 4 is 27.5 Å². The highest BCUT2D eigenvalue weighted by Gasteiger charge is 2.31. The Bertz CT molecular complexity index is 778. The van der Waals surface area contributed by atoms with Gasteiger partial charge in [0, 0.05) is 13.5 Å². The zero-order valence-electron chi connectivity index (χ0n) is 12.8. The fourth-order valence-electron chi connectivity index (χ4n) is 1.94. The molecule has 1 aromatic carbocycles. The van der Waals surface area contributed by atoms with E-state index in [4.69, 9.17) is 0 Å². The first-order valence-corrected chi connectivity index (χ1v) is 7.65. The van der Waals surface area contributed by atoms with Gasteiger partial charge in [0.2, 0.25) is 10.7 Å². The van der Waals surface area contributed by atoms with Crippen molar-refractivity contribution in [3.05, 3.63) is 23.0 Å². The number of rotatable bonds is 4. The van der Waals surface area contributed by atoms with Gasteiger partial charge in [-0.15, -0.1) is 18.3 Å². The Labute approximate surface area is 134 Å². The molecule has 1 N–H and O–H groups in total. The molecule has 2 rings (SSSR count). The lowest BCUT2D eigenvalue weighted by molar-refractivity contribution is -0.274. The van der Waals surface area contributed by atoms with Gasteiger partial charge in [0.1, 0.15) is 5.75 Å². The van der Waals surface area contributed by atoms with Crippen LogP contribution < -0.4 is 15.0 Å². The number of fused-ring (bicyclic) bond motifs is 1. The number of hydrogen-bond donors (Lipinski definition) is 1. The Hall–Kier alpha value is -2.03. The molecular weight excluding hydrogens is 331 g/mol. The smallest absolute Gasteiger partial charge is 0.406 e. The standard InChI is InChI=1S/C14H16F3N3O2S/c1-8(2)6-12(21)18-19-13-20(3)10-5-4-9(7-11(10)23-13)22-14(15,16)17/h4-5,7-8H,6H2,1-3H3,(H,18,21)/b19-13+. The van der Waals surface area contributed by atoms with Crippen LogP contribution in [-0.4, -0.2) is 16.8 Å². The Balaban J connectivity index is 2.29. The van der Waals surface area contributed by atoms with Crippen molar-refractivity contribution in [1.82, 2.24) is 9.99 Å². The van der Waals surface area contributed by atoms with Crippen LogP contribution in [0.2, 0.25) is 0 Å². The van der Waals surface area contributed by atoms with Crippen molar-refractivity contribution < 1.29 is 22.7 Å². The fourth-order valence-corrected chi connectivity index (χ4v) is 2.95. The predicted octanol–water partition coefficient (Wildman–Crippen LogP) is 3.12. The number of hydrogen-bond acceptors (Lipinski definition) is 4. The van der Waals surface area contributed by atoms with E-state index < -0.39 is 6.36 Å². The third kappa shape index (κ3) is 4.72. The lowest BCUT2D eigenvalue weighted by Crippen LogP contribution is -2.24. The molecule has 0 fully saturated rings. The monoisotopic (exact) mass is 347 g/mol. The predicted molar refractivity (Wildman–Crippen MR) is 80.6 cm³/mol. The summed E-state index contributed by atoms with van der Waals surface area (Å²) in [6, 6.07) is 4.05. The zero-order chi connectivity index (χ0) is 17.2. The molecule has 0 saturated heterocycles. The van der Waals surface area contributed by atoms with Gasteiger partial charge in [-0.2, -0.15) is 0 Å². The molecule has 23 heavy (non-hydrogen) atoms. The van der Waals surface area contributed by atoms with E-state index in [2.05, 4.69) is 15.3 Å². The Kier molecular flexibility index (Phi) is 4.98. The van der Waals surface area contributed by atoms with Gasteiger partial charge in [0.25, 0.3) is 0 Å². The van der Waals surface area contributed by atoms with E-state index in [-0.39, 0.29) is 17.6 Å². The largest absolute Gasteiger partial charge is 0.573 e. The molecular formula is C14H16F3N3O2S. The molecule has 1 aromatic heterocycles. The van der Waals surface area contributed by atoms with E-state index in [9.17, 15) is 18.0 Å². The average Bonchev–Trinajstić information content (AvgIpc) is 2.70. The van der Waals surface area contributed by atoms with Crippen LogP contribution in [0.25, 0.3) is 10.2 Å². The lowest BCUT2D eigenvalue weighted by Gasteiger charge is -2.08. The molecule has 1 heterocycles.